The first kappa shape index (κ1) is 20.0. The highest BCUT2D eigenvalue weighted by Crippen LogP contribution is 2.19. The van der Waals surface area contributed by atoms with E-state index in [1.807, 2.05) is 37.9 Å². The number of hydrogen-bond donors (Lipinski definition) is 0. The molecule has 0 aliphatic rings. The molecule has 3 nitrogen and oxygen atoms in total. The second kappa shape index (κ2) is 8.48. The van der Waals surface area contributed by atoms with Gasteiger partial charge in [-0.2, -0.15) is 0 Å². The van der Waals surface area contributed by atoms with Gasteiger partial charge in [0.1, 0.15) is 11.6 Å². The molecular weight excluding hydrogens is 358 g/mol. The molecule has 28 heavy (non-hydrogen) atoms. The van der Waals surface area contributed by atoms with Gasteiger partial charge >= 0.3 is 0 Å². The molecule has 0 aliphatic heterocycles. The Bertz CT molecular complexity index is 977. The maximum atomic E-state index is 13.3. The first-order chi connectivity index (χ1) is 13.3. The summed E-state index contributed by atoms with van der Waals surface area (Å²) in [6.45, 7) is 5.22. The number of carbonyl (C=O) groups is 1. The SMILES string of the molecule is Cc1cc(C(=O)CN(C)Cc2cccc(F)c2)c(C)n1Cc1ccc(F)cc1. The number of likely N-dealkylation sites (N-methyl/N-ethyl adjacent to an activating group) is 1. The van der Waals surface area contributed by atoms with Crippen molar-refractivity contribution in [1.82, 2.24) is 9.47 Å². The summed E-state index contributed by atoms with van der Waals surface area (Å²) >= 11 is 0. The molecule has 1 aromatic heterocycles. The van der Waals surface area contributed by atoms with Gasteiger partial charge in [0.2, 0.25) is 0 Å². The molecular formula is C23H24F2N2O. The Labute approximate surface area is 164 Å². The number of rotatable bonds is 7. The molecule has 0 saturated heterocycles. The predicted molar refractivity (Wildman–Crippen MR) is 106 cm³/mol. The van der Waals surface area contributed by atoms with Crippen LogP contribution in [0.25, 0.3) is 0 Å². The van der Waals surface area contributed by atoms with Crippen LogP contribution in [0, 0.1) is 25.5 Å². The molecule has 0 amide bonds. The average Bonchev–Trinajstić information content (AvgIpc) is 2.91. The lowest BCUT2D eigenvalue weighted by Gasteiger charge is -2.16. The monoisotopic (exact) mass is 382 g/mol. The minimum atomic E-state index is -0.276. The number of nitrogens with zero attached hydrogens (tertiary/aromatic N) is 2. The van der Waals surface area contributed by atoms with Gasteiger partial charge in [0.05, 0.1) is 6.54 Å². The smallest absolute Gasteiger partial charge is 0.178 e. The quantitative estimate of drug-likeness (QED) is 0.551. The Morgan fingerprint density at radius 3 is 2.36 bits per heavy atom. The molecule has 1 heterocycles. The van der Waals surface area contributed by atoms with Gasteiger partial charge in [-0.05, 0) is 62.4 Å². The number of carbonyl (C=O) groups excluding carboxylic acids is 1. The van der Waals surface area contributed by atoms with Crippen LogP contribution in [0.3, 0.4) is 0 Å². The van der Waals surface area contributed by atoms with Gasteiger partial charge in [0.15, 0.2) is 5.78 Å². The van der Waals surface area contributed by atoms with E-state index in [9.17, 15) is 13.6 Å². The lowest BCUT2D eigenvalue weighted by molar-refractivity contribution is 0.0942. The van der Waals surface area contributed by atoms with Gasteiger partial charge in [0.25, 0.3) is 0 Å². The van der Waals surface area contributed by atoms with Crippen molar-refractivity contribution in [2.24, 2.45) is 0 Å². The van der Waals surface area contributed by atoms with Gasteiger partial charge in [-0.1, -0.05) is 24.3 Å². The molecule has 3 rings (SSSR count). The molecule has 3 aromatic rings. The van der Waals surface area contributed by atoms with Crippen molar-refractivity contribution >= 4 is 5.78 Å². The minimum absolute atomic E-state index is 0.0253. The van der Waals surface area contributed by atoms with E-state index in [2.05, 4.69) is 4.57 Å². The lowest BCUT2D eigenvalue weighted by Crippen LogP contribution is -2.26. The molecule has 0 N–H and O–H groups in total. The third kappa shape index (κ3) is 4.73. The Morgan fingerprint density at radius 2 is 1.68 bits per heavy atom. The van der Waals surface area contributed by atoms with Crippen LogP contribution in [0.5, 0.6) is 0 Å². The standard InChI is InChI=1S/C23H24F2N2O/c1-16-11-22(17(2)27(16)14-18-7-9-20(24)10-8-18)23(28)15-26(3)13-19-5-4-6-21(25)12-19/h4-12H,13-15H2,1-3H3. The summed E-state index contributed by atoms with van der Waals surface area (Å²) in [6, 6.07) is 14.7. The van der Waals surface area contributed by atoms with E-state index in [-0.39, 0.29) is 24.0 Å². The summed E-state index contributed by atoms with van der Waals surface area (Å²) in [5, 5.41) is 0. The largest absolute Gasteiger partial charge is 0.344 e. The number of benzene rings is 2. The van der Waals surface area contributed by atoms with Crippen molar-refractivity contribution in [3.8, 4) is 0 Å². The van der Waals surface area contributed by atoms with E-state index in [0.29, 0.717) is 18.7 Å². The molecule has 0 bridgehead atoms. The summed E-state index contributed by atoms with van der Waals surface area (Å²) in [5.41, 5.74) is 4.37. The van der Waals surface area contributed by atoms with Gasteiger partial charge in [-0.15, -0.1) is 0 Å². The van der Waals surface area contributed by atoms with Crippen LogP contribution in [0.4, 0.5) is 8.78 Å². The van der Waals surface area contributed by atoms with Gasteiger partial charge < -0.3 is 4.57 Å². The minimum Gasteiger partial charge on any atom is -0.344 e. The summed E-state index contributed by atoms with van der Waals surface area (Å²) in [5.74, 6) is -0.513. The average molecular weight is 382 g/mol. The van der Waals surface area contributed by atoms with Crippen molar-refractivity contribution in [3.05, 3.63) is 94.3 Å². The zero-order valence-electron chi connectivity index (χ0n) is 16.4. The Balaban J connectivity index is 1.70. The van der Waals surface area contributed by atoms with E-state index in [4.69, 9.17) is 0 Å². The van der Waals surface area contributed by atoms with Crippen molar-refractivity contribution in [1.29, 1.82) is 0 Å². The summed E-state index contributed by atoms with van der Waals surface area (Å²) < 4.78 is 28.5. The van der Waals surface area contributed by atoms with Crippen LogP contribution >= 0.6 is 0 Å². The summed E-state index contributed by atoms with van der Waals surface area (Å²) in [6.07, 6.45) is 0. The van der Waals surface area contributed by atoms with Gasteiger partial charge in [0, 0.05) is 30.0 Å². The maximum absolute atomic E-state index is 13.3. The lowest BCUT2D eigenvalue weighted by atomic mass is 10.1. The summed E-state index contributed by atoms with van der Waals surface area (Å²) in [4.78, 5) is 14.7. The molecule has 0 aliphatic carbocycles. The highest BCUT2D eigenvalue weighted by Gasteiger charge is 2.17. The van der Waals surface area contributed by atoms with Crippen LogP contribution in [0.15, 0.2) is 54.6 Å². The molecule has 146 valence electrons. The number of aryl methyl sites for hydroxylation is 1. The van der Waals surface area contributed by atoms with Crippen molar-refractivity contribution in [2.45, 2.75) is 26.9 Å². The van der Waals surface area contributed by atoms with Crippen molar-refractivity contribution in [3.63, 3.8) is 0 Å². The Hall–Kier alpha value is -2.79. The van der Waals surface area contributed by atoms with Crippen molar-refractivity contribution in [2.75, 3.05) is 13.6 Å². The van der Waals surface area contributed by atoms with Crippen LogP contribution < -0.4 is 0 Å². The maximum Gasteiger partial charge on any atom is 0.178 e. The van der Waals surface area contributed by atoms with E-state index in [1.165, 1.54) is 24.3 Å². The molecule has 5 heteroatoms. The number of ketones is 1. The molecule has 0 unspecified atom stereocenters. The fourth-order valence-electron chi connectivity index (χ4n) is 3.43. The number of hydrogen-bond acceptors (Lipinski definition) is 2. The topological polar surface area (TPSA) is 25.2 Å². The fourth-order valence-corrected chi connectivity index (χ4v) is 3.43. The number of Topliss-reactive ketones (excluding diaryl/α,β-unsaturated/α-hetero) is 1. The normalized spacial score (nSPS) is 11.2. The number of halogens is 2. The molecule has 0 radical (unpaired) electrons. The molecule has 0 spiro atoms. The van der Waals surface area contributed by atoms with Crippen LogP contribution in [-0.2, 0) is 13.1 Å². The zero-order valence-corrected chi connectivity index (χ0v) is 16.4. The van der Waals surface area contributed by atoms with E-state index < -0.39 is 0 Å². The highest BCUT2D eigenvalue weighted by molar-refractivity contribution is 5.99. The Kier molecular flexibility index (Phi) is 6.05. The first-order valence-electron chi connectivity index (χ1n) is 9.21. The third-order valence-electron chi connectivity index (χ3n) is 4.88. The van der Waals surface area contributed by atoms with Crippen molar-refractivity contribution < 1.29 is 13.6 Å². The van der Waals surface area contributed by atoms with Crippen LogP contribution in [0.2, 0.25) is 0 Å². The number of aromatic nitrogens is 1. The zero-order chi connectivity index (χ0) is 20.3. The molecule has 2 aromatic carbocycles. The van der Waals surface area contributed by atoms with E-state index >= 15 is 0 Å². The van der Waals surface area contributed by atoms with Gasteiger partial charge in [-0.25, -0.2) is 8.78 Å². The second-order valence-corrected chi connectivity index (χ2v) is 7.22. The van der Waals surface area contributed by atoms with E-state index in [1.54, 1.807) is 18.2 Å². The van der Waals surface area contributed by atoms with E-state index in [0.717, 1.165) is 22.5 Å². The summed E-state index contributed by atoms with van der Waals surface area (Å²) in [7, 11) is 1.85. The van der Waals surface area contributed by atoms with Crippen LogP contribution in [0.1, 0.15) is 32.9 Å². The first-order valence-corrected chi connectivity index (χ1v) is 9.21. The third-order valence-corrected chi connectivity index (χ3v) is 4.88. The predicted octanol–water partition coefficient (Wildman–Crippen LogP) is 4.75. The van der Waals surface area contributed by atoms with Gasteiger partial charge in [-0.3, -0.25) is 9.69 Å². The highest BCUT2D eigenvalue weighted by atomic mass is 19.1. The van der Waals surface area contributed by atoms with Crippen LogP contribution in [-0.4, -0.2) is 28.8 Å². The molecule has 0 atom stereocenters. The molecule has 0 fully saturated rings. The molecule has 0 saturated carbocycles. The fraction of sp³-hybridized carbons (Fsp3) is 0.261. The Morgan fingerprint density at radius 1 is 0.964 bits per heavy atom. The second-order valence-electron chi connectivity index (χ2n) is 7.22.